The molecule has 1 aliphatic rings. The molecule has 0 aliphatic carbocycles. The summed E-state index contributed by atoms with van der Waals surface area (Å²) in [6, 6.07) is 7.47. The van der Waals surface area contributed by atoms with Crippen molar-refractivity contribution in [2.75, 3.05) is 0 Å². The number of fused-ring (bicyclic) bond motifs is 1. The normalized spacial score (nSPS) is 18.6. The lowest BCUT2D eigenvalue weighted by molar-refractivity contribution is -0.105. The molecule has 0 bridgehead atoms. The zero-order valence-corrected chi connectivity index (χ0v) is 13.1. The summed E-state index contributed by atoms with van der Waals surface area (Å²) in [4.78, 5) is 4.24. The molecule has 2 aromatic rings. The van der Waals surface area contributed by atoms with Crippen LogP contribution in [0.1, 0.15) is 44.4 Å². The molecule has 0 saturated heterocycles. The number of aromatic nitrogens is 1. The molecule has 0 amide bonds. The molecular weight excluding hydrogens is 265 g/mol. The van der Waals surface area contributed by atoms with Crippen LogP contribution in [0.5, 0.6) is 0 Å². The molecule has 2 nitrogen and oxygen atoms in total. The van der Waals surface area contributed by atoms with E-state index in [1.165, 1.54) is 6.07 Å². The van der Waals surface area contributed by atoms with Gasteiger partial charge in [0.05, 0.1) is 11.2 Å². The molecule has 3 heteroatoms. The van der Waals surface area contributed by atoms with E-state index in [1.807, 2.05) is 39.0 Å². The van der Waals surface area contributed by atoms with Crippen molar-refractivity contribution in [3.63, 3.8) is 0 Å². The third kappa shape index (κ3) is 2.26. The number of pyridine rings is 1. The summed E-state index contributed by atoms with van der Waals surface area (Å²) in [5.74, 6) is -0.286. The lowest BCUT2D eigenvalue weighted by Crippen LogP contribution is -2.22. The Labute approximate surface area is 125 Å². The van der Waals surface area contributed by atoms with Gasteiger partial charge in [0.25, 0.3) is 0 Å². The highest BCUT2D eigenvalue weighted by Gasteiger charge is 2.42. The molecule has 1 aromatic carbocycles. The highest BCUT2D eigenvalue weighted by atomic mass is 19.1. The van der Waals surface area contributed by atoms with E-state index in [2.05, 4.69) is 18.8 Å². The number of nitrogens with zero attached hydrogens (tertiary/aromatic N) is 1. The molecule has 0 fully saturated rings. The average Bonchev–Trinajstić information content (AvgIpc) is 2.55. The summed E-state index contributed by atoms with van der Waals surface area (Å²) in [6.07, 6.45) is 1.69. The van der Waals surface area contributed by atoms with Crippen molar-refractivity contribution in [1.82, 2.24) is 4.98 Å². The van der Waals surface area contributed by atoms with Gasteiger partial charge < -0.3 is 4.74 Å². The number of halogens is 1. The molecule has 2 heterocycles. The minimum atomic E-state index is -0.379. The monoisotopic (exact) mass is 285 g/mol. The molecule has 3 rings (SSSR count). The van der Waals surface area contributed by atoms with Gasteiger partial charge in [0, 0.05) is 11.8 Å². The minimum Gasteiger partial charge on any atom is -0.360 e. The summed E-state index contributed by atoms with van der Waals surface area (Å²) in [5.41, 5.74) is 3.56. The Balaban J connectivity index is 2.17. The van der Waals surface area contributed by atoms with Gasteiger partial charge in [0.1, 0.15) is 11.5 Å². The molecule has 1 aliphatic heterocycles. The van der Waals surface area contributed by atoms with Crippen LogP contribution in [0.25, 0.3) is 11.3 Å². The van der Waals surface area contributed by atoms with E-state index in [0.717, 1.165) is 22.3 Å². The Hall–Kier alpha value is -1.74. The maximum atomic E-state index is 14.1. The minimum absolute atomic E-state index is 0.286. The van der Waals surface area contributed by atoms with Crippen molar-refractivity contribution in [3.8, 4) is 11.3 Å². The summed E-state index contributed by atoms with van der Waals surface area (Å²) >= 11 is 0. The van der Waals surface area contributed by atoms with Crippen LogP contribution in [-0.4, -0.2) is 4.98 Å². The molecule has 21 heavy (non-hydrogen) atoms. The number of ether oxygens (including phenoxy) is 1. The summed E-state index contributed by atoms with van der Waals surface area (Å²) in [6.45, 7) is 10.0. The molecule has 0 radical (unpaired) electrons. The summed E-state index contributed by atoms with van der Waals surface area (Å²) in [5, 5.41) is 0. The van der Waals surface area contributed by atoms with Crippen molar-refractivity contribution in [1.29, 1.82) is 0 Å². The number of hydrogen-bond acceptors (Lipinski definition) is 2. The van der Waals surface area contributed by atoms with Crippen LogP contribution < -0.4 is 0 Å². The standard InChI is InChI=1S/C18H20FNO/c1-11-8-15(19)16(20-10-11)12-6-7-13-14(9-12)18(4,5)21-17(13,2)3/h6-10H,1-5H3. The van der Waals surface area contributed by atoms with Crippen LogP contribution in [0.15, 0.2) is 30.5 Å². The fraction of sp³-hybridized carbons (Fsp3) is 0.389. The van der Waals surface area contributed by atoms with Gasteiger partial charge in [-0.3, -0.25) is 4.98 Å². The first kappa shape index (κ1) is 14.2. The highest BCUT2D eigenvalue weighted by Crippen LogP contribution is 2.47. The van der Waals surface area contributed by atoms with Gasteiger partial charge >= 0.3 is 0 Å². The van der Waals surface area contributed by atoms with Crippen molar-refractivity contribution in [3.05, 3.63) is 53.0 Å². The topological polar surface area (TPSA) is 22.1 Å². The molecule has 110 valence electrons. The largest absolute Gasteiger partial charge is 0.360 e. The fourth-order valence-electron chi connectivity index (χ4n) is 3.21. The second kappa shape index (κ2) is 4.38. The van der Waals surface area contributed by atoms with Gasteiger partial charge in [-0.1, -0.05) is 12.1 Å². The smallest absolute Gasteiger partial charge is 0.149 e. The number of benzene rings is 1. The van der Waals surface area contributed by atoms with Gasteiger partial charge in [-0.2, -0.15) is 0 Å². The van der Waals surface area contributed by atoms with Crippen molar-refractivity contribution < 1.29 is 9.13 Å². The van der Waals surface area contributed by atoms with E-state index in [9.17, 15) is 4.39 Å². The van der Waals surface area contributed by atoms with Gasteiger partial charge in [-0.05, 0) is 63.4 Å². The Morgan fingerprint density at radius 3 is 2.33 bits per heavy atom. The van der Waals surface area contributed by atoms with E-state index < -0.39 is 0 Å². The lowest BCUT2D eigenvalue weighted by Gasteiger charge is -2.24. The quantitative estimate of drug-likeness (QED) is 0.758. The Morgan fingerprint density at radius 1 is 1.00 bits per heavy atom. The maximum Gasteiger partial charge on any atom is 0.149 e. The molecule has 0 unspecified atom stereocenters. The summed E-state index contributed by atoms with van der Waals surface area (Å²) in [7, 11) is 0. The maximum absolute atomic E-state index is 14.1. The zero-order valence-electron chi connectivity index (χ0n) is 13.1. The first-order valence-corrected chi connectivity index (χ1v) is 7.18. The number of rotatable bonds is 1. The third-order valence-electron chi connectivity index (χ3n) is 4.08. The predicted molar refractivity (Wildman–Crippen MR) is 81.5 cm³/mol. The van der Waals surface area contributed by atoms with Gasteiger partial charge in [0.15, 0.2) is 0 Å². The zero-order chi connectivity index (χ0) is 15.4. The molecular formula is C18H20FNO. The summed E-state index contributed by atoms with van der Waals surface area (Å²) < 4.78 is 20.3. The molecule has 1 aromatic heterocycles. The van der Waals surface area contributed by atoms with Crippen LogP contribution in [0, 0.1) is 12.7 Å². The number of hydrogen-bond donors (Lipinski definition) is 0. The predicted octanol–water partition coefficient (Wildman–Crippen LogP) is 4.70. The SMILES string of the molecule is Cc1cnc(-c2ccc3c(c2)C(C)(C)OC3(C)C)c(F)c1. The van der Waals surface area contributed by atoms with Crippen LogP contribution >= 0.6 is 0 Å². The molecule has 0 saturated carbocycles. The van der Waals surface area contributed by atoms with Crippen LogP contribution in [-0.2, 0) is 15.9 Å². The van der Waals surface area contributed by atoms with E-state index >= 15 is 0 Å². The van der Waals surface area contributed by atoms with E-state index in [4.69, 9.17) is 4.74 Å². The van der Waals surface area contributed by atoms with Crippen molar-refractivity contribution >= 4 is 0 Å². The van der Waals surface area contributed by atoms with E-state index in [-0.39, 0.29) is 17.0 Å². The first-order valence-electron chi connectivity index (χ1n) is 7.18. The Bertz CT molecular complexity index is 719. The van der Waals surface area contributed by atoms with Crippen LogP contribution in [0.4, 0.5) is 4.39 Å². The highest BCUT2D eigenvalue weighted by molar-refractivity contribution is 5.63. The van der Waals surface area contributed by atoms with E-state index in [0.29, 0.717) is 5.69 Å². The first-order chi connectivity index (χ1) is 9.71. The second-order valence-electron chi connectivity index (χ2n) is 6.73. The average molecular weight is 285 g/mol. The van der Waals surface area contributed by atoms with E-state index in [1.54, 1.807) is 6.20 Å². The third-order valence-corrected chi connectivity index (χ3v) is 4.08. The molecule has 0 atom stereocenters. The van der Waals surface area contributed by atoms with Crippen molar-refractivity contribution in [2.45, 2.75) is 45.8 Å². The fourth-order valence-corrected chi connectivity index (χ4v) is 3.21. The molecule has 0 spiro atoms. The van der Waals surface area contributed by atoms with Crippen LogP contribution in [0.3, 0.4) is 0 Å². The second-order valence-corrected chi connectivity index (χ2v) is 6.73. The van der Waals surface area contributed by atoms with Gasteiger partial charge in [-0.15, -0.1) is 0 Å². The van der Waals surface area contributed by atoms with Gasteiger partial charge in [0.2, 0.25) is 0 Å². The lowest BCUT2D eigenvalue weighted by atomic mass is 9.88. The Morgan fingerprint density at radius 2 is 1.67 bits per heavy atom. The number of aryl methyl sites for hydroxylation is 1. The van der Waals surface area contributed by atoms with Crippen molar-refractivity contribution in [2.24, 2.45) is 0 Å². The van der Waals surface area contributed by atoms with Crippen LogP contribution in [0.2, 0.25) is 0 Å². The Kier molecular flexibility index (Phi) is 2.96. The van der Waals surface area contributed by atoms with Gasteiger partial charge in [-0.25, -0.2) is 4.39 Å². The molecule has 0 N–H and O–H groups in total.